The van der Waals surface area contributed by atoms with Gasteiger partial charge in [-0.1, -0.05) is 58.7 Å². The summed E-state index contributed by atoms with van der Waals surface area (Å²) in [6.07, 6.45) is 1.07. The number of carbonyl (C=O) groups is 2. The van der Waals surface area contributed by atoms with Gasteiger partial charge in [-0.05, 0) is 48.7 Å². The Kier molecular flexibility index (Phi) is 8.32. The fourth-order valence-electron chi connectivity index (χ4n) is 2.64. The molecule has 0 saturated heterocycles. The zero-order valence-corrected chi connectivity index (χ0v) is 17.9. The van der Waals surface area contributed by atoms with Crippen molar-refractivity contribution in [3.63, 3.8) is 0 Å². The fourth-order valence-corrected chi connectivity index (χ4v) is 3.03. The molecule has 2 amide bonds. The highest BCUT2D eigenvalue weighted by Gasteiger charge is 2.26. The average Bonchev–Trinajstić information content (AvgIpc) is 2.66. The van der Waals surface area contributed by atoms with Crippen LogP contribution < -0.4 is 5.32 Å². The van der Waals surface area contributed by atoms with Crippen molar-refractivity contribution >= 4 is 39.3 Å². The van der Waals surface area contributed by atoms with Gasteiger partial charge in [-0.25, -0.2) is 0 Å². The minimum Gasteiger partial charge on any atom is -0.354 e. The Morgan fingerprint density at radius 1 is 1.07 bits per heavy atom. The van der Waals surface area contributed by atoms with E-state index in [2.05, 4.69) is 21.2 Å². The van der Waals surface area contributed by atoms with Crippen molar-refractivity contribution in [2.75, 3.05) is 6.54 Å². The summed E-state index contributed by atoms with van der Waals surface area (Å²) in [5.74, 6) is -0.238. The number of halogens is 2. The molecule has 0 spiro atoms. The third-order valence-corrected chi connectivity index (χ3v) is 5.03. The van der Waals surface area contributed by atoms with Gasteiger partial charge in [0.1, 0.15) is 6.04 Å². The normalized spacial score (nSPS) is 11.7. The molecule has 1 N–H and O–H groups in total. The molecule has 0 bridgehead atoms. The van der Waals surface area contributed by atoms with Crippen molar-refractivity contribution in [2.24, 2.45) is 0 Å². The third-order valence-electron chi connectivity index (χ3n) is 4.25. The van der Waals surface area contributed by atoms with Gasteiger partial charge >= 0.3 is 0 Å². The van der Waals surface area contributed by atoms with E-state index in [4.69, 9.17) is 11.6 Å². The van der Waals surface area contributed by atoms with Crippen LogP contribution in [0.4, 0.5) is 0 Å². The molecule has 144 valence electrons. The minimum absolute atomic E-state index is 0.0978. The van der Waals surface area contributed by atoms with Gasteiger partial charge in [0, 0.05) is 22.6 Å². The molecule has 2 aromatic rings. The van der Waals surface area contributed by atoms with Gasteiger partial charge < -0.3 is 10.2 Å². The lowest BCUT2D eigenvalue weighted by atomic mass is 10.1. The topological polar surface area (TPSA) is 49.4 Å². The van der Waals surface area contributed by atoms with Crippen molar-refractivity contribution < 1.29 is 9.59 Å². The van der Waals surface area contributed by atoms with Gasteiger partial charge in [-0.2, -0.15) is 0 Å². The van der Waals surface area contributed by atoms with Crippen molar-refractivity contribution in [1.29, 1.82) is 0 Å². The van der Waals surface area contributed by atoms with Gasteiger partial charge in [-0.3, -0.25) is 9.59 Å². The van der Waals surface area contributed by atoms with E-state index in [1.54, 1.807) is 24.0 Å². The average molecular weight is 452 g/mol. The van der Waals surface area contributed by atoms with Crippen LogP contribution in [-0.4, -0.2) is 29.3 Å². The van der Waals surface area contributed by atoms with Crippen LogP contribution in [-0.2, 0) is 22.6 Å². The summed E-state index contributed by atoms with van der Waals surface area (Å²) in [6, 6.07) is 14.4. The Morgan fingerprint density at radius 3 is 2.26 bits per heavy atom. The lowest BCUT2D eigenvalue weighted by molar-refractivity contribution is -0.140. The number of hydrogen-bond donors (Lipinski definition) is 1. The summed E-state index contributed by atoms with van der Waals surface area (Å²) in [6.45, 7) is 4.74. The molecule has 0 unspecified atom stereocenters. The highest BCUT2D eigenvalue weighted by Crippen LogP contribution is 2.16. The maximum absolute atomic E-state index is 13.0. The monoisotopic (exact) mass is 450 g/mol. The van der Waals surface area contributed by atoms with Gasteiger partial charge in [-0.15, -0.1) is 0 Å². The van der Waals surface area contributed by atoms with Crippen molar-refractivity contribution in [1.82, 2.24) is 10.2 Å². The Balaban J connectivity index is 2.18. The van der Waals surface area contributed by atoms with E-state index < -0.39 is 6.04 Å². The zero-order chi connectivity index (χ0) is 19.8. The van der Waals surface area contributed by atoms with Gasteiger partial charge in [0.2, 0.25) is 11.8 Å². The highest BCUT2D eigenvalue weighted by atomic mass is 79.9. The molecule has 0 aliphatic rings. The van der Waals surface area contributed by atoms with Crippen LogP contribution in [0.15, 0.2) is 53.0 Å². The summed E-state index contributed by atoms with van der Waals surface area (Å²) in [5.41, 5.74) is 1.84. The lowest BCUT2D eigenvalue weighted by Crippen LogP contribution is -2.48. The molecule has 27 heavy (non-hydrogen) atoms. The first-order valence-electron chi connectivity index (χ1n) is 8.96. The largest absolute Gasteiger partial charge is 0.354 e. The van der Waals surface area contributed by atoms with E-state index in [1.165, 1.54) is 0 Å². The zero-order valence-electron chi connectivity index (χ0n) is 15.5. The quantitative estimate of drug-likeness (QED) is 0.638. The molecule has 0 saturated carbocycles. The molecule has 0 aromatic heterocycles. The molecular formula is C21H24BrClN2O2. The molecule has 0 heterocycles. The minimum atomic E-state index is -0.556. The predicted molar refractivity (Wildman–Crippen MR) is 113 cm³/mol. The van der Waals surface area contributed by atoms with Crippen LogP contribution >= 0.6 is 27.5 Å². The van der Waals surface area contributed by atoms with E-state index >= 15 is 0 Å². The molecule has 0 aliphatic heterocycles. The van der Waals surface area contributed by atoms with Gasteiger partial charge in [0.25, 0.3) is 0 Å². The van der Waals surface area contributed by atoms with Gasteiger partial charge in [0.15, 0.2) is 0 Å². The van der Waals surface area contributed by atoms with Crippen LogP contribution in [0.1, 0.15) is 31.4 Å². The number of nitrogens with one attached hydrogen (secondary N) is 1. The number of benzene rings is 2. The summed E-state index contributed by atoms with van der Waals surface area (Å²) in [7, 11) is 0. The first-order valence-corrected chi connectivity index (χ1v) is 10.1. The Hall–Kier alpha value is -1.85. The SMILES string of the molecule is CCCNC(=O)[C@H](C)N(Cc1ccc(Br)cc1)C(=O)Cc1ccc(Cl)cc1. The third kappa shape index (κ3) is 6.67. The second-order valence-electron chi connectivity index (χ2n) is 6.42. The van der Waals surface area contributed by atoms with E-state index in [-0.39, 0.29) is 18.2 Å². The summed E-state index contributed by atoms with van der Waals surface area (Å²) >= 11 is 9.34. The van der Waals surface area contributed by atoms with E-state index in [9.17, 15) is 9.59 Å². The smallest absolute Gasteiger partial charge is 0.242 e. The Bertz CT molecular complexity index is 763. The molecule has 0 radical (unpaired) electrons. The first-order chi connectivity index (χ1) is 12.9. The number of rotatable bonds is 8. The standard InChI is InChI=1S/C21H24BrClN2O2/c1-3-12-24-21(27)15(2)25(14-17-4-8-18(22)9-5-17)20(26)13-16-6-10-19(23)11-7-16/h4-11,15H,3,12-14H2,1-2H3,(H,24,27)/t15-/m0/s1. The number of nitrogens with zero attached hydrogens (tertiary/aromatic N) is 1. The van der Waals surface area contributed by atoms with E-state index in [1.807, 2.05) is 43.3 Å². The van der Waals surface area contributed by atoms with E-state index in [0.29, 0.717) is 18.1 Å². The highest BCUT2D eigenvalue weighted by molar-refractivity contribution is 9.10. The summed E-state index contributed by atoms with van der Waals surface area (Å²) in [4.78, 5) is 27.1. The molecule has 4 nitrogen and oxygen atoms in total. The number of amides is 2. The summed E-state index contributed by atoms with van der Waals surface area (Å²) < 4.78 is 0.971. The maximum atomic E-state index is 13.0. The van der Waals surface area contributed by atoms with Crippen LogP contribution in [0.5, 0.6) is 0 Å². The first kappa shape index (κ1) is 21.5. The number of hydrogen-bond acceptors (Lipinski definition) is 2. The fraction of sp³-hybridized carbons (Fsp3) is 0.333. The summed E-state index contributed by atoms with van der Waals surface area (Å²) in [5, 5.41) is 3.51. The van der Waals surface area contributed by atoms with Gasteiger partial charge in [0.05, 0.1) is 6.42 Å². The molecular weight excluding hydrogens is 428 g/mol. The maximum Gasteiger partial charge on any atom is 0.242 e. The molecule has 1 atom stereocenters. The molecule has 2 aromatic carbocycles. The lowest BCUT2D eigenvalue weighted by Gasteiger charge is -2.29. The number of carbonyl (C=O) groups excluding carboxylic acids is 2. The predicted octanol–water partition coefficient (Wildman–Crippen LogP) is 4.59. The van der Waals surface area contributed by atoms with E-state index in [0.717, 1.165) is 22.0 Å². The Morgan fingerprint density at radius 2 is 1.67 bits per heavy atom. The van der Waals surface area contributed by atoms with Crippen molar-refractivity contribution in [2.45, 2.75) is 39.3 Å². The molecule has 2 rings (SSSR count). The molecule has 0 fully saturated rings. The van der Waals surface area contributed by atoms with Crippen molar-refractivity contribution in [3.05, 3.63) is 69.2 Å². The Labute approximate surface area is 174 Å². The molecule has 6 heteroatoms. The molecule has 0 aliphatic carbocycles. The van der Waals surface area contributed by atoms with Crippen LogP contribution in [0, 0.1) is 0 Å². The van der Waals surface area contributed by atoms with Crippen LogP contribution in [0.2, 0.25) is 5.02 Å². The van der Waals surface area contributed by atoms with Crippen LogP contribution in [0.3, 0.4) is 0 Å². The van der Waals surface area contributed by atoms with Crippen molar-refractivity contribution in [3.8, 4) is 0 Å². The van der Waals surface area contributed by atoms with Crippen LogP contribution in [0.25, 0.3) is 0 Å². The second kappa shape index (κ2) is 10.5. The second-order valence-corrected chi connectivity index (χ2v) is 7.77.